The van der Waals surface area contributed by atoms with Crippen molar-refractivity contribution in [3.8, 4) is 17.1 Å². The Kier molecular flexibility index (Phi) is 8.30. The number of nitrogens with one attached hydrogen (secondary N) is 1. The van der Waals surface area contributed by atoms with Gasteiger partial charge in [0, 0.05) is 11.8 Å². The van der Waals surface area contributed by atoms with Crippen molar-refractivity contribution in [3.63, 3.8) is 0 Å². The van der Waals surface area contributed by atoms with Gasteiger partial charge in [-0.15, -0.1) is 0 Å². The summed E-state index contributed by atoms with van der Waals surface area (Å²) in [6, 6.07) is 3.57. The van der Waals surface area contributed by atoms with Crippen molar-refractivity contribution < 1.29 is 27.5 Å². The van der Waals surface area contributed by atoms with E-state index in [2.05, 4.69) is 25.3 Å². The molecule has 5 rings (SSSR count). The number of anilines is 1. The zero-order valence-electron chi connectivity index (χ0n) is 22.4. The molecule has 41 heavy (non-hydrogen) atoms. The fourth-order valence-corrected chi connectivity index (χ4v) is 6.05. The Bertz CT molecular complexity index is 1450. The number of rotatable bonds is 8. The van der Waals surface area contributed by atoms with Crippen molar-refractivity contribution in [3.05, 3.63) is 36.3 Å². The molecule has 2 amide bonds. The molecule has 11 nitrogen and oxygen atoms in total. The third-order valence-electron chi connectivity index (χ3n) is 7.17. The number of pyridine rings is 2. The largest absolute Gasteiger partial charge is 0.421 e. The first-order chi connectivity index (χ1) is 19.6. The summed E-state index contributed by atoms with van der Waals surface area (Å²) in [5.41, 5.74) is 6.27. The van der Waals surface area contributed by atoms with E-state index in [1.165, 1.54) is 12.5 Å². The van der Waals surface area contributed by atoms with Crippen LogP contribution in [0.15, 0.2) is 30.7 Å². The van der Waals surface area contributed by atoms with Crippen molar-refractivity contribution in [2.24, 2.45) is 11.7 Å². The zero-order valence-corrected chi connectivity index (χ0v) is 24.1. The number of ether oxygens (including phenoxy) is 1. The quantitative estimate of drug-likeness (QED) is 0.356. The average molecular weight is 638 g/mol. The van der Waals surface area contributed by atoms with Gasteiger partial charge in [-0.3, -0.25) is 0 Å². The standard InChI is InChI=1S/C26H29F3N8O3Se/c1-40-23-17(26(27,28)29)7-14(8-31-23)19-3-4-20-21(35-19)22(33-13-32-20)34-16-5-6-36(11-16)24(38)15-9-37(10-15)25(39)18(30)12-41-2/h3-4,7-8,13,15-16,18H,5-6,9-12,30H2,1-2H3,(H,32,33,34)/t16-,18-/m0/s1. The normalized spacial score (nSPS) is 18.3. The summed E-state index contributed by atoms with van der Waals surface area (Å²) >= 11 is 0.308. The fourth-order valence-electron chi connectivity index (χ4n) is 4.99. The van der Waals surface area contributed by atoms with Crippen molar-refractivity contribution >= 4 is 43.6 Å². The van der Waals surface area contributed by atoms with Gasteiger partial charge < -0.3 is 4.74 Å². The SMILES string of the molecule is COc1ncc(-c2ccc3ncnc(N[C@H]4CCN(C(=O)C5CN(C(=O)[C@@H](N)C[Se]C)C5)C4)c3n2)cc1C(F)(F)F. The molecule has 3 N–H and O–H groups in total. The van der Waals surface area contributed by atoms with Crippen LogP contribution in [0.25, 0.3) is 22.3 Å². The second kappa shape index (κ2) is 11.7. The molecule has 0 bridgehead atoms. The summed E-state index contributed by atoms with van der Waals surface area (Å²) < 4.78 is 45.4. The molecule has 0 unspecified atom stereocenters. The van der Waals surface area contributed by atoms with Gasteiger partial charge in [-0.1, -0.05) is 0 Å². The summed E-state index contributed by atoms with van der Waals surface area (Å²) in [6.45, 7) is 1.77. The van der Waals surface area contributed by atoms with E-state index in [4.69, 9.17) is 10.5 Å². The van der Waals surface area contributed by atoms with E-state index in [9.17, 15) is 22.8 Å². The van der Waals surface area contributed by atoms with Crippen molar-refractivity contribution in [1.29, 1.82) is 0 Å². The van der Waals surface area contributed by atoms with E-state index in [-0.39, 0.29) is 35.0 Å². The number of carbonyl (C=O) groups is 2. The van der Waals surface area contributed by atoms with Gasteiger partial charge in [-0.05, 0) is 18.2 Å². The number of hydrogen-bond donors (Lipinski definition) is 2. The number of hydrogen-bond acceptors (Lipinski definition) is 9. The number of nitrogens with two attached hydrogens (primary N) is 1. The van der Waals surface area contributed by atoms with Crippen LogP contribution in [0.3, 0.4) is 0 Å². The van der Waals surface area contributed by atoms with Gasteiger partial charge in [0.15, 0.2) is 0 Å². The van der Waals surface area contributed by atoms with Crippen LogP contribution in [0.2, 0.25) is 11.1 Å². The first-order valence-electron chi connectivity index (χ1n) is 12.9. The number of carbonyl (C=O) groups excluding carboxylic acids is 2. The molecule has 0 spiro atoms. The second-order valence-electron chi connectivity index (χ2n) is 9.98. The third-order valence-corrected chi connectivity index (χ3v) is 8.63. The Balaban J connectivity index is 1.27. The summed E-state index contributed by atoms with van der Waals surface area (Å²) in [4.78, 5) is 45.8. The van der Waals surface area contributed by atoms with Gasteiger partial charge in [-0.2, -0.15) is 13.2 Å². The predicted octanol–water partition coefficient (Wildman–Crippen LogP) is 2.08. The van der Waals surface area contributed by atoms with E-state index < -0.39 is 23.7 Å². The summed E-state index contributed by atoms with van der Waals surface area (Å²) in [5.74, 6) is 1.61. The van der Waals surface area contributed by atoms with Gasteiger partial charge in [0.05, 0.1) is 18.3 Å². The number of nitrogens with zero attached hydrogens (tertiary/aromatic N) is 6. The molecule has 2 aliphatic rings. The molecule has 0 aromatic carbocycles. The predicted molar refractivity (Wildman–Crippen MR) is 145 cm³/mol. The maximum absolute atomic E-state index is 13.5. The molecular formula is C26H29F3N8O3Se. The number of likely N-dealkylation sites (tertiary alicyclic amines) is 2. The van der Waals surface area contributed by atoms with Gasteiger partial charge in [0.25, 0.3) is 0 Å². The fraction of sp³-hybridized carbons (Fsp3) is 0.462. The minimum Gasteiger partial charge on any atom is -0.242 e. The number of halogens is 3. The number of aromatic nitrogens is 4. The van der Waals surface area contributed by atoms with E-state index in [1.807, 2.05) is 5.82 Å². The third kappa shape index (κ3) is 6.07. The van der Waals surface area contributed by atoms with Crippen molar-refractivity contribution in [2.45, 2.75) is 35.8 Å². The Hall–Kier alpha value is -3.55. The van der Waals surface area contributed by atoms with Crippen LogP contribution >= 0.6 is 0 Å². The molecule has 3 aromatic heterocycles. The summed E-state index contributed by atoms with van der Waals surface area (Å²) in [5, 5.41) is 4.01. The molecular weight excluding hydrogens is 608 g/mol. The first kappa shape index (κ1) is 29.0. The molecule has 2 atom stereocenters. The Morgan fingerprint density at radius 3 is 2.68 bits per heavy atom. The van der Waals surface area contributed by atoms with Crippen LogP contribution in [0.5, 0.6) is 5.88 Å². The maximum atomic E-state index is 13.5. The molecule has 2 saturated heterocycles. The van der Waals surface area contributed by atoms with Crippen LogP contribution in [-0.4, -0.2) is 102 Å². The molecule has 2 aliphatic heterocycles. The summed E-state index contributed by atoms with van der Waals surface area (Å²) in [6.07, 6.45) is -1.33. The van der Waals surface area contributed by atoms with Gasteiger partial charge >= 0.3 is 131 Å². The van der Waals surface area contributed by atoms with Crippen LogP contribution in [0.1, 0.15) is 12.0 Å². The Morgan fingerprint density at radius 2 is 1.98 bits per heavy atom. The molecule has 0 saturated carbocycles. The topological polar surface area (TPSA) is 139 Å². The number of alkyl halides is 3. The van der Waals surface area contributed by atoms with Crippen LogP contribution in [-0.2, 0) is 15.8 Å². The van der Waals surface area contributed by atoms with E-state index in [0.29, 0.717) is 69.7 Å². The first-order valence-corrected chi connectivity index (χ1v) is 15.8. The summed E-state index contributed by atoms with van der Waals surface area (Å²) in [7, 11) is 1.13. The zero-order chi connectivity index (χ0) is 29.3. The monoisotopic (exact) mass is 638 g/mol. The minimum atomic E-state index is -4.65. The molecule has 3 aromatic rings. The molecule has 15 heteroatoms. The number of methoxy groups -OCH3 is 1. The molecule has 5 heterocycles. The average Bonchev–Trinajstić information content (AvgIpc) is 3.40. The molecule has 2 fully saturated rings. The second-order valence-corrected chi connectivity index (χ2v) is 11.9. The van der Waals surface area contributed by atoms with E-state index in [1.54, 1.807) is 21.9 Å². The van der Waals surface area contributed by atoms with Crippen molar-refractivity contribution in [2.75, 3.05) is 38.6 Å². The van der Waals surface area contributed by atoms with E-state index in [0.717, 1.165) is 13.2 Å². The minimum absolute atomic E-state index is 0.00654. The molecule has 0 aliphatic carbocycles. The van der Waals surface area contributed by atoms with Gasteiger partial charge in [0.2, 0.25) is 5.88 Å². The number of fused-ring (bicyclic) bond motifs is 1. The van der Waals surface area contributed by atoms with E-state index >= 15 is 0 Å². The smallest absolute Gasteiger partial charge is 0.242 e. The molecule has 218 valence electrons. The van der Waals surface area contributed by atoms with Crippen molar-refractivity contribution in [1.82, 2.24) is 29.7 Å². The number of amides is 2. The Morgan fingerprint density at radius 1 is 1.20 bits per heavy atom. The van der Waals surface area contributed by atoms with Crippen LogP contribution in [0.4, 0.5) is 19.0 Å². The Labute approximate surface area is 240 Å². The molecule has 0 radical (unpaired) electrons. The maximum Gasteiger partial charge on any atom is 0.421 e. The van der Waals surface area contributed by atoms with Crippen LogP contribution in [0, 0.1) is 5.92 Å². The van der Waals surface area contributed by atoms with Crippen LogP contribution < -0.4 is 15.8 Å². The van der Waals surface area contributed by atoms with Gasteiger partial charge in [0.1, 0.15) is 17.4 Å². The van der Waals surface area contributed by atoms with Gasteiger partial charge in [-0.25, -0.2) is 19.9 Å².